The van der Waals surface area contributed by atoms with Crippen molar-refractivity contribution in [1.82, 2.24) is 0 Å². The highest BCUT2D eigenvalue weighted by Crippen LogP contribution is 2.38. The average molecular weight is 120 g/mol. The summed E-state index contributed by atoms with van der Waals surface area (Å²) >= 11 is 5.51. The molecule has 40 valence electrons. The molecule has 0 N–H and O–H groups in total. The first-order valence-electron chi connectivity index (χ1n) is 2.30. The number of hydrogen-bond donors (Lipinski definition) is 0. The maximum absolute atomic E-state index is 9.73. The van der Waals surface area contributed by atoms with Crippen molar-refractivity contribution in [2.24, 2.45) is 5.18 Å². The zero-order chi connectivity index (χ0) is 5.33. The van der Waals surface area contributed by atoms with E-state index in [1.807, 2.05) is 0 Å². The average Bonchev–Trinajstić information content (AvgIpc) is 1.61. The summed E-state index contributed by atoms with van der Waals surface area (Å²) in [5, 5.41) is 2.74. The Morgan fingerprint density at radius 3 is 2.14 bits per heavy atom. The molecule has 0 unspecified atom stereocenters. The van der Waals surface area contributed by atoms with Gasteiger partial charge in [-0.25, -0.2) is 0 Å². The molecular formula is C4H6ClNO. The van der Waals surface area contributed by atoms with Crippen LogP contribution < -0.4 is 0 Å². The monoisotopic (exact) mass is 119 g/mol. The molecule has 0 atom stereocenters. The molecule has 3 heteroatoms. The second-order valence-corrected chi connectivity index (χ2v) is 2.57. The van der Waals surface area contributed by atoms with Gasteiger partial charge in [0.05, 0.1) is 0 Å². The number of hydrogen-bond acceptors (Lipinski definition) is 2. The standard InChI is InChI=1S/C4H6ClNO/c5-4(6-7)2-1-3-4/h1-3H2. The number of halogens is 1. The van der Waals surface area contributed by atoms with Gasteiger partial charge in [-0.1, -0.05) is 11.6 Å². The van der Waals surface area contributed by atoms with Gasteiger partial charge in [0.2, 0.25) is 0 Å². The summed E-state index contributed by atoms with van der Waals surface area (Å²) in [5.41, 5.74) is 0. The van der Waals surface area contributed by atoms with Gasteiger partial charge in [0.1, 0.15) is 0 Å². The summed E-state index contributed by atoms with van der Waals surface area (Å²) in [4.78, 5) is 9.03. The number of alkyl halides is 1. The summed E-state index contributed by atoms with van der Waals surface area (Å²) in [6.07, 6.45) is 2.57. The topological polar surface area (TPSA) is 29.4 Å². The Hall–Kier alpha value is -0.110. The molecule has 1 fully saturated rings. The SMILES string of the molecule is O=NC1(Cl)CCC1. The van der Waals surface area contributed by atoms with Gasteiger partial charge >= 0.3 is 0 Å². The molecule has 7 heavy (non-hydrogen) atoms. The number of rotatable bonds is 1. The van der Waals surface area contributed by atoms with Crippen LogP contribution in [-0.2, 0) is 0 Å². The van der Waals surface area contributed by atoms with Gasteiger partial charge in [-0.3, -0.25) is 0 Å². The summed E-state index contributed by atoms with van der Waals surface area (Å²) < 4.78 is 0. The zero-order valence-corrected chi connectivity index (χ0v) is 4.61. The largest absolute Gasteiger partial charge is 0.175 e. The van der Waals surface area contributed by atoms with Crippen molar-refractivity contribution in [1.29, 1.82) is 0 Å². The van der Waals surface area contributed by atoms with Gasteiger partial charge in [0, 0.05) is 0 Å². The molecule has 0 aromatic heterocycles. The lowest BCUT2D eigenvalue weighted by Crippen LogP contribution is -2.26. The van der Waals surface area contributed by atoms with Crippen LogP contribution in [0.1, 0.15) is 19.3 Å². The lowest BCUT2D eigenvalue weighted by atomic mass is 9.93. The second kappa shape index (κ2) is 1.44. The molecule has 0 bridgehead atoms. The molecule has 0 heterocycles. The maximum Gasteiger partial charge on any atom is 0.175 e. The van der Waals surface area contributed by atoms with E-state index in [4.69, 9.17) is 11.6 Å². The highest BCUT2D eigenvalue weighted by atomic mass is 35.5. The smallest absolute Gasteiger partial charge is 0.149 e. The predicted molar refractivity (Wildman–Crippen MR) is 28.2 cm³/mol. The van der Waals surface area contributed by atoms with E-state index in [9.17, 15) is 4.91 Å². The third-order valence-electron chi connectivity index (χ3n) is 1.28. The number of nitroso groups, excluding NO2 is 1. The third-order valence-corrected chi connectivity index (χ3v) is 1.73. The highest BCUT2D eigenvalue weighted by Gasteiger charge is 2.35. The number of nitrogens with zero attached hydrogens (tertiary/aromatic N) is 1. The normalized spacial score (nSPS) is 25.9. The summed E-state index contributed by atoms with van der Waals surface area (Å²) in [6, 6.07) is 0. The van der Waals surface area contributed by atoms with E-state index in [0.717, 1.165) is 19.3 Å². The second-order valence-electron chi connectivity index (χ2n) is 1.86. The fourth-order valence-corrected chi connectivity index (χ4v) is 0.827. The molecule has 0 aromatic carbocycles. The molecular weight excluding hydrogens is 114 g/mol. The summed E-state index contributed by atoms with van der Waals surface area (Å²) in [6.45, 7) is 0. The van der Waals surface area contributed by atoms with Crippen LogP contribution in [0.3, 0.4) is 0 Å². The first-order valence-corrected chi connectivity index (χ1v) is 2.68. The molecule has 1 rings (SSSR count). The molecule has 0 aromatic rings. The van der Waals surface area contributed by atoms with E-state index >= 15 is 0 Å². The Balaban J connectivity index is 2.43. The van der Waals surface area contributed by atoms with Crippen LogP contribution in [-0.4, -0.2) is 5.00 Å². The Morgan fingerprint density at radius 2 is 2.14 bits per heavy atom. The quantitative estimate of drug-likeness (QED) is 0.294. The molecule has 0 radical (unpaired) electrons. The molecule has 0 amide bonds. The minimum atomic E-state index is -0.694. The van der Waals surface area contributed by atoms with Crippen LogP contribution in [0.25, 0.3) is 0 Å². The zero-order valence-electron chi connectivity index (χ0n) is 3.85. The van der Waals surface area contributed by atoms with Crippen LogP contribution in [0.5, 0.6) is 0 Å². The van der Waals surface area contributed by atoms with E-state index in [-0.39, 0.29) is 0 Å². The van der Waals surface area contributed by atoms with E-state index in [1.54, 1.807) is 0 Å². The van der Waals surface area contributed by atoms with Crippen molar-refractivity contribution in [3.63, 3.8) is 0 Å². The van der Waals surface area contributed by atoms with Gasteiger partial charge < -0.3 is 0 Å². The van der Waals surface area contributed by atoms with Gasteiger partial charge in [-0.15, -0.1) is 4.91 Å². The van der Waals surface area contributed by atoms with Crippen molar-refractivity contribution in [3.05, 3.63) is 4.91 Å². The van der Waals surface area contributed by atoms with Crippen molar-refractivity contribution in [3.8, 4) is 0 Å². The fraction of sp³-hybridized carbons (Fsp3) is 1.00. The Morgan fingerprint density at radius 1 is 1.57 bits per heavy atom. The van der Waals surface area contributed by atoms with Crippen LogP contribution in [0.2, 0.25) is 0 Å². The van der Waals surface area contributed by atoms with Crippen molar-refractivity contribution < 1.29 is 0 Å². The first kappa shape index (κ1) is 5.04. The van der Waals surface area contributed by atoms with Crippen LogP contribution in [0.4, 0.5) is 0 Å². The van der Waals surface area contributed by atoms with Gasteiger partial charge in [-0.05, 0) is 24.4 Å². The molecule has 2 nitrogen and oxygen atoms in total. The van der Waals surface area contributed by atoms with E-state index in [1.165, 1.54) is 0 Å². The molecule has 0 saturated heterocycles. The highest BCUT2D eigenvalue weighted by molar-refractivity contribution is 6.24. The van der Waals surface area contributed by atoms with E-state index in [0.29, 0.717) is 0 Å². The van der Waals surface area contributed by atoms with Crippen molar-refractivity contribution >= 4 is 11.6 Å². The molecule has 1 aliphatic rings. The molecule has 1 aliphatic carbocycles. The van der Waals surface area contributed by atoms with Crippen LogP contribution in [0, 0.1) is 4.91 Å². The van der Waals surface area contributed by atoms with Gasteiger partial charge in [0.25, 0.3) is 0 Å². The maximum atomic E-state index is 9.73. The Kier molecular flexibility index (Phi) is 1.04. The van der Waals surface area contributed by atoms with Crippen LogP contribution in [0.15, 0.2) is 5.18 Å². The lowest BCUT2D eigenvalue weighted by molar-refractivity contribution is 0.364. The van der Waals surface area contributed by atoms with Crippen LogP contribution >= 0.6 is 11.6 Å². The summed E-state index contributed by atoms with van der Waals surface area (Å²) in [7, 11) is 0. The fourth-order valence-electron chi connectivity index (χ4n) is 0.560. The minimum Gasteiger partial charge on any atom is -0.149 e. The minimum absolute atomic E-state index is 0.694. The van der Waals surface area contributed by atoms with E-state index in [2.05, 4.69) is 5.18 Å². The van der Waals surface area contributed by atoms with E-state index < -0.39 is 5.00 Å². The molecule has 0 aliphatic heterocycles. The van der Waals surface area contributed by atoms with Gasteiger partial charge in [0.15, 0.2) is 5.00 Å². The van der Waals surface area contributed by atoms with Crippen molar-refractivity contribution in [2.45, 2.75) is 24.3 Å². The first-order chi connectivity index (χ1) is 3.27. The summed E-state index contributed by atoms with van der Waals surface area (Å²) in [5.74, 6) is 0. The predicted octanol–water partition coefficient (Wildman–Crippen LogP) is 1.87. The third kappa shape index (κ3) is 0.752. The van der Waals surface area contributed by atoms with Gasteiger partial charge in [-0.2, -0.15) is 0 Å². The molecule has 0 spiro atoms. The van der Waals surface area contributed by atoms with Crippen molar-refractivity contribution in [2.75, 3.05) is 0 Å². The Bertz CT molecular complexity index is 89.7. The lowest BCUT2D eigenvalue weighted by Gasteiger charge is -2.26. The Labute approximate surface area is 46.8 Å². The molecule has 1 saturated carbocycles.